The van der Waals surface area contributed by atoms with E-state index in [1.807, 2.05) is 7.05 Å². The van der Waals surface area contributed by atoms with E-state index in [4.69, 9.17) is 4.74 Å². The maximum atomic E-state index is 5.48. The molecule has 1 aromatic carbocycles. The lowest BCUT2D eigenvalue weighted by Gasteiger charge is -2.24. The summed E-state index contributed by atoms with van der Waals surface area (Å²) >= 11 is 0. The van der Waals surface area contributed by atoms with Crippen LogP contribution in [0.15, 0.2) is 29.3 Å². The molecule has 0 aromatic heterocycles. The molecule has 1 aromatic rings. The number of rotatable bonds is 5. The third kappa shape index (κ3) is 4.10. The van der Waals surface area contributed by atoms with Crippen molar-refractivity contribution in [1.29, 1.82) is 0 Å². The third-order valence-electron chi connectivity index (χ3n) is 5.27. The summed E-state index contributed by atoms with van der Waals surface area (Å²) in [6.07, 6.45) is 2.36. The molecule has 1 aliphatic heterocycles. The van der Waals surface area contributed by atoms with Gasteiger partial charge in [-0.2, -0.15) is 0 Å². The second kappa shape index (κ2) is 7.56. The SMILES string of the molecule is CN=C(NC1CC1c1ccc(C(C)C)cc1)N(C)CC1CCOC1. The molecular weight excluding hydrogens is 298 g/mol. The van der Waals surface area contributed by atoms with Crippen LogP contribution in [-0.4, -0.2) is 50.8 Å². The number of guanidine groups is 1. The van der Waals surface area contributed by atoms with Crippen LogP contribution >= 0.6 is 0 Å². The molecule has 4 heteroatoms. The summed E-state index contributed by atoms with van der Waals surface area (Å²) in [5.74, 6) is 2.85. The summed E-state index contributed by atoms with van der Waals surface area (Å²) < 4.78 is 5.48. The van der Waals surface area contributed by atoms with Gasteiger partial charge in [0.15, 0.2) is 5.96 Å². The molecular formula is C20H31N3O. The Bertz CT molecular complexity index is 561. The number of benzene rings is 1. The van der Waals surface area contributed by atoms with Gasteiger partial charge in [-0.15, -0.1) is 0 Å². The van der Waals surface area contributed by atoms with Crippen LogP contribution < -0.4 is 5.32 Å². The number of aliphatic imine (C=N–C) groups is 1. The highest BCUT2D eigenvalue weighted by atomic mass is 16.5. The normalized spacial score (nSPS) is 26.7. The van der Waals surface area contributed by atoms with Crippen LogP contribution in [0.4, 0.5) is 0 Å². The van der Waals surface area contributed by atoms with E-state index in [0.717, 1.165) is 32.1 Å². The molecule has 0 amide bonds. The third-order valence-corrected chi connectivity index (χ3v) is 5.27. The number of nitrogens with one attached hydrogen (secondary N) is 1. The van der Waals surface area contributed by atoms with Gasteiger partial charge in [0.05, 0.1) is 6.61 Å². The van der Waals surface area contributed by atoms with E-state index in [0.29, 0.717) is 23.8 Å². The predicted molar refractivity (Wildman–Crippen MR) is 99.7 cm³/mol. The topological polar surface area (TPSA) is 36.9 Å². The zero-order chi connectivity index (χ0) is 17.1. The molecule has 2 aliphatic rings. The second-order valence-corrected chi connectivity index (χ2v) is 7.57. The molecule has 1 saturated carbocycles. The molecule has 1 heterocycles. The van der Waals surface area contributed by atoms with Gasteiger partial charge in [-0.3, -0.25) is 4.99 Å². The monoisotopic (exact) mass is 329 g/mol. The first-order valence-electron chi connectivity index (χ1n) is 9.20. The van der Waals surface area contributed by atoms with Gasteiger partial charge in [-0.05, 0) is 29.9 Å². The maximum absolute atomic E-state index is 5.48. The molecule has 1 saturated heterocycles. The number of hydrogen-bond acceptors (Lipinski definition) is 2. The zero-order valence-corrected chi connectivity index (χ0v) is 15.5. The Labute approximate surface area is 146 Å². The van der Waals surface area contributed by atoms with Crippen LogP contribution in [0.3, 0.4) is 0 Å². The Morgan fingerprint density at radius 1 is 1.33 bits per heavy atom. The van der Waals surface area contributed by atoms with Crippen molar-refractivity contribution >= 4 is 5.96 Å². The minimum atomic E-state index is 0.510. The molecule has 1 aliphatic carbocycles. The summed E-state index contributed by atoms with van der Waals surface area (Å²) in [5.41, 5.74) is 2.86. The molecule has 0 bridgehead atoms. The Morgan fingerprint density at radius 3 is 2.67 bits per heavy atom. The fourth-order valence-electron chi connectivity index (χ4n) is 3.56. The smallest absolute Gasteiger partial charge is 0.193 e. The number of hydrogen-bond donors (Lipinski definition) is 1. The van der Waals surface area contributed by atoms with Crippen molar-refractivity contribution in [1.82, 2.24) is 10.2 Å². The summed E-state index contributed by atoms with van der Waals surface area (Å²) in [5, 5.41) is 3.64. The molecule has 1 N–H and O–H groups in total. The quantitative estimate of drug-likeness (QED) is 0.666. The summed E-state index contributed by atoms with van der Waals surface area (Å²) in [4.78, 5) is 6.71. The second-order valence-electron chi connectivity index (χ2n) is 7.57. The van der Waals surface area contributed by atoms with E-state index in [1.165, 1.54) is 17.5 Å². The summed E-state index contributed by atoms with van der Waals surface area (Å²) in [6, 6.07) is 9.65. The van der Waals surface area contributed by atoms with Crippen LogP contribution in [-0.2, 0) is 4.74 Å². The van der Waals surface area contributed by atoms with E-state index < -0.39 is 0 Å². The van der Waals surface area contributed by atoms with Crippen molar-refractivity contribution in [2.45, 2.75) is 44.6 Å². The minimum absolute atomic E-state index is 0.510. The lowest BCUT2D eigenvalue weighted by molar-refractivity contribution is 0.181. The Morgan fingerprint density at radius 2 is 2.08 bits per heavy atom. The van der Waals surface area contributed by atoms with E-state index in [1.54, 1.807) is 0 Å². The molecule has 3 rings (SSSR count). The molecule has 24 heavy (non-hydrogen) atoms. The zero-order valence-electron chi connectivity index (χ0n) is 15.5. The molecule has 0 radical (unpaired) electrons. The van der Waals surface area contributed by atoms with E-state index in [2.05, 4.69) is 60.4 Å². The first-order valence-corrected chi connectivity index (χ1v) is 9.20. The van der Waals surface area contributed by atoms with Gasteiger partial charge in [0.2, 0.25) is 0 Å². The largest absolute Gasteiger partial charge is 0.381 e. The number of ether oxygens (including phenoxy) is 1. The van der Waals surface area contributed by atoms with Gasteiger partial charge in [0.1, 0.15) is 0 Å². The average molecular weight is 329 g/mol. The van der Waals surface area contributed by atoms with Gasteiger partial charge >= 0.3 is 0 Å². The molecule has 3 unspecified atom stereocenters. The van der Waals surface area contributed by atoms with Crippen molar-refractivity contribution < 1.29 is 4.74 Å². The fourth-order valence-corrected chi connectivity index (χ4v) is 3.56. The van der Waals surface area contributed by atoms with Crippen molar-refractivity contribution in [3.05, 3.63) is 35.4 Å². The van der Waals surface area contributed by atoms with Crippen LogP contribution in [0.25, 0.3) is 0 Å². The van der Waals surface area contributed by atoms with Crippen LogP contribution in [0, 0.1) is 5.92 Å². The van der Waals surface area contributed by atoms with E-state index in [-0.39, 0.29) is 0 Å². The highest BCUT2D eigenvalue weighted by molar-refractivity contribution is 5.80. The molecule has 3 atom stereocenters. The first-order chi connectivity index (χ1) is 11.6. The Kier molecular flexibility index (Phi) is 5.44. The van der Waals surface area contributed by atoms with Crippen LogP contribution in [0.5, 0.6) is 0 Å². The summed E-state index contributed by atoms with van der Waals surface area (Å²) in [6.45, 7) is 7.29. The molecule has 4 nitrogen and oxygen atoms in total. The first kappa shape index (κ1) is 17.3. The van der Waals surface area contributed by atoms with Crippen molar-refractivity contribution in [2.24, 2.45) is 10.9 Å². The number of nitrogens with zero attached hydrogens (tertiary/aromatic N) is 2. The van der Waals surface area contributed by atoms with E-state index >= 15 is 0 Å². The predicted octanol–water partition coefficient (Wildman–Crippen LogP) is 3.21. The highest BCUT2D eigenvalue weighted by Gasteiger charge is 2.39. The lowest BCUT2D eigenvalue weighted by Crippen LogP contribution is -2.42. The molecule has 2 fully saturated rings. The lowest BCUT2D eigenvalue weighted by atomic mass is 10.0. The van der Waals surface area contributed by atoms with Gasteiger partial charge in [-0.25, -0.2) is 0 Å². The van der Waals surface area contributed by atoms with Gasteiger partial charge in [-0.1, -0.05) is 38.1 Å². The van der Waals surface area contributed by atoms with E-state index in [9.17, 15) is 0 Å². The van der Waals surface area contributed by atoms with Crippen molar-refractivity contribution in [3.63, 3.8) is 0 Å². The van der Waals surface area contributed by atoms with Crippen molar-refractivity contribution in [3.8, 4) is 0 Å². The van der Waals surface area contributed by atoms with Crippen LogP contribution in [0.1, 0.15) is 49.7 Å². The van der Waals surface area contributed by atoms with Gasteiger partial charge in [0, 0.05) is 45.1 Å². The highest BCUT2D eigenvalue weighted by Crippen LogP contribution is 2.41. The van der Waals surface area contributed by atoms with Crippen molar-refractivity contribution in [2.75, 3.05) is 33.9 Å². The van der Waals surface area contributed by atoms with Gasteiger partial charge < -0.3 is 15.0 Å². The summed E-state index contributed by atoms with van der Waals surface area (Å²) in [7, 11) is 4.00. The average Bonchev–Trinajstić information content (AvgIpc) is 3.17. The standard InChI is InChI=1S/C20H31N3O/c1-14(2)16-5-7-17(8-6-16)18-11-19(18)22-20(21-3)23(4)12-15-9-10-24-13-15/h5-8,14-15,18-19H,9-13H2,1-4H3,(H,21,22). The fraction of sp³-hybridized carbons (Fsp3) is 0.650. The van der Waals surface area contributed by atoms with Crippen LogP contribution in [0.2, 0.25) is 0 Å². The Hall–Kier alpha value is -1.55. The minimum Gasteiger partial charge on any atom is -0.381 e. The Balaban J connectivity index is 1.52. The molecule has 0 spiro atoms. The molecule has 132 valence electrons. The van der Waals surface area contributed by atoms with Gasteiger partial charge in [0.25, 0.3) is 0 Å². The maximum Gasteiger partial charge on any atom is 0.193 e.